The van der Waals surface area contributed by atoms with Crippen molar-refractivity contribution in [3.05, 3.63) is 17.4 Å². The quantitative estimate of drug-likeness (QED) is 0.890. The molecule has 3 rings (SSSR count). The highest BCUT2D eigenvalue weighted by Gasteiger charge is 2.30. The molecule has 1 unspecified atom stereocenters. The van der Waals surface area contributed by atoms with Crippen LogP contribution in [0.3, 0.4) is 0 Å². The molecule has 0 saturated carbocycles. The van der Waals surface area contributed by atoms with Crippen LogP contribution in [0.5, 0.6) is 17.2 Å². The molecule has 0 spiro atoms. The lowest BCUT2D eigenvalue weighted by molar-refractivity contribution is 0.295. The molecule has 1 saturated heterocycles. The predicted molar refractivity (Wildman–Crippen MR) is 68.8 cm³/mol. The van der Waals surface area contributed by atoms with Crippen LogP contribution in [0.25, 0.3) is 0 Å². The number of nitrogens with one attached hydrogen (secondary N) is 1. The van der Waals surface area contributed by atoms with Crippen molar-refractivity contribution in [1.29, 1.82) is 0 Å². The number of hydrogen-bond acceptors (Lipinski definition) is 4. The molecule has 0 aliphatic carbocycles. The number of fused-ring (bicyclic) bond motifs is 1. The SMILES string of the molecule is COc1c(F)cc2c(c1C1CCNC1)OCCCO2. The van der Waals surface area contributed by atoms with Crippen molar-refractivity contribution in [2.24, 2.45) is 0 Å². The monoisotopic (exact) mass is 267 g/mol. The molecular formula is C14H18FNO3. The second-order valence-corrected chi connectivity index (χ2v) is 4.87. The van der Waals surface area contributed by atoms with Gasteiger partial charge in [-0.25, -0.2) is 4.39 Å². The van der Waals surface area contributed by atoms with Crippen LogP contribution in [-0.4, -0.2) is 33.4 Å². The van der Waals surface area contributed by atoms with E-state index < -0.39 is 0 Å². The summed E-state index contributed by atoms with van der Waals surface area (Å²) >= 11 is 0. The fourth-order valence-corrected chi connectivity index (χ4v) is 2.76. The van der Waals surface area contributed by atoms with Gasteiger partial charge in [-0.05, 0) is 13.0 Å². The molecule has 0 amide bonds. The average Bonchev–Trinajstić information content (AvgIpc) is 2.83. The minimum Gasteiger partial charge on any atom is -0.493 e. The van der Waals surface area contributed by atoms with Crippen molar-refractivity contribution >= 4 is 0 Å². The van der Waals surface area contributed by atoms with Gasteiger partial charge >= 0.3 is 0 Å². The summed E-state index contributed by atoms with van der Waals surface area (Å²) in [6.45, 7) is 2.89. The molecule has 19 heavy (non-hydrogen) atoms. The van der Waals surface area contributed by atoms with E-state index >= 15 is 0 Å². The van der Waals surface area contributed by atoms with Gasteiger partial charge in [-0.2, -0.15) is 0 Å². The molecule has 1 aromatic rings. The number of rotatable bonds is 2. The van der Waals surface area contributed by atoms with Gasteiger partial charge in [0.2, 0.25) is 0 Å². The molecule has 2 aliphatic heterocycles. The van der Waals surface area contributed by atoms with Crippen LogP contribution in [-0.2, 0) is 0 Å². The highest BCUT2D eigenvalue weighted by atomic mass is 19.1. The lowest BCUT2D eigenvalue weighted by Gasteiger charge is -2.20. The fourth-order valence-electron chi connectivity index (χ4n) is 2.76. The zero-order valence-corrected chi connectivity index (χ0v) is 11.0. The highest BCUT2D eigenvalue weighted by Crippen LogP contribution is 2.46. The summed E-state index contributed by atoms with van der Waals surface area (Å²) in [5.74, 6) is 1.27. The standard InChI is InChI=1S/C14H18FNO3/c1-17-13-10(15)7-11-14(19-6-2-5-18-11)12(13)9-3-4-16-8-9/h7,9,16H,2-6,8H2,1H3. The molecule has 104 valence electrons. The van der Waals surface area contributed by atoms with E-state index in [1.54, 1.807) is 0 Å². The average molecular weight is 267 g/mol. The highest BCUT2D eigenvalue weighted by molar-refractivity contribution is 5.57. The van der Waals surface area contributed by atoms with E-state index in [1.165, 1.54) is 13.2 Å². The maximum atomic E-state index is 14.1. The van der Waals surface area contributed by atoms with Crippen molar-refractivity contribution in [3.63, 3.8) is 0 Å². The van der Waals surface area contributed by atoms with Crippen LogP contribution in [0.15, 0.2) is 6.07 Å². The largest absolute Gasteiger partial charge is 0.493 e. The van der Waals surface area contributed by atoms with Crippen LogP contribution in [0.4, 0.5) is 4.39 Å². The smallest absolute Gasteiger partial charge is 0.169 e. The third-order valence-corrected chi connectivity index (χ3v) is 3.65. The van der Waals surface area contributed by atoms with Gasteiger partial charge in [0, 0.05) is 30.5 Å². The Balaban J connectivity index is 2.13. The van der Waals surface area contributed by atoms with E-state index in [0.717, 1.165) is 31.5 Å². The summed E-state index contributed by atoms with van der Waals surface area (Å²) in [7, 11) is 1.49. The Bertz CT molecular complexity index is 472. The third kappa shape index (κ3) is 2.23. The summed E-state index contributed by atoms with van der Waals surface area (Å²) in [4.78, 5) is 0. The zero-order valence-electron chi connectivity index (χ0n) is 11.0. The van der Waals surface area contributed by atoms with Crippen molar-refractivity contribution in [3.8, 4) is 17.2 Å². The molecule has 0 aromatic heterocycles. The van der Waals surface area contributed by atoms with Crippen molar-refractivity contribution < 1.29 is 18.6 Å². The van der Waals surface area contributed by atoms with Crippen molar-refractivity contribution in [2.75, 3.05) is 33.4 Å². The molecular weight excluding hydrogens is 249 g/mol. The van der Waals surface area contributed by atoms with E-state index in [2.05, 4.69) is 5.32 Å². The second-order valence-electron chi connectivity index (χ2n) is 4.87. The minimum atomic E-state index is -0.381. The number of benzene rings is 1. The first-order valence-corrected chi connectivity index (χ1v) is 6.68. The van der Waals surface area contributed by atoms with Gasteiger partial charge in [0.1, 0.15) is 0 Å². The normalized spacial score (nSPS) is 22.1. The lowest BCUT2D eigenvalue weighted by atomic mass is 9.95. The topological polar surface area (TPSA) is 39.7 Å². The maximum Gasteiger partial charge on any atom is 0.169 e. The van der Waals surface area contributed by atoms with Crippen LogP contribution in [0, 0.1) is 5.82 Å². The number of hydrogen-bond donors (Lipinski definition) is 1. The first kappa shape index (κ1) is 12.5. The molecule has 4 nitrogen and oxygen atoms in total. The van der Waals surface area contributed by atoms with E-state index in [0.29, 0.717) is 24.7 Å². The Morgan fingerprint density at radius 2 is 2.21 bits per heavy atom. The van der Waals surface area contributed by atoms with Gasteiger partial charge < -0.3 is 19.5 Å². The Labute approximate surface area is 111 Å². The Hall–Kier alpha value is -1.49. The van der Waals surface area contributed by atoms with Gasteiger partial charge in [0.25, 0.3) is 0 Å². The van der Waals surface area contributed by atoms with Gasteiger partial charge in [0.15, 0.2) is 23.1 Å². The molecule has 2 heterocycles. The number of halogens is 1. The third-order valence-electron chi connectivity index (χ3n) is 3.65. The maximum absolute atomic E-state index is 14.1. The molecule has 1 aromatic carbocycles. The summed E-state index contributed by atoms with van der Waals surface area (Å²) in [5, 5.41) is 3.29. The van der Waals surface area contributed by atoms with Gasteiger partial charge in [0.05, 0.1) is 20.3 Å². The van der Waals surface area contributed by atoms with Crippen LogP contribution in [0.1, 0.15) is 24.3 Å². The number of ether oxygens (including phenoxy) is 3. The predicted octanol–water partition coefficient (Wildman–Crippen LogP) is 2.07. The first-order chi connectivity index (χ1) is 9.31. The Kier molecular flexibility index (Phi) is 3.46. The number of methoxy groups -OCH3 is 1. The lowest BCUT2D eigenvalue weighted by Crippen LogP contribution is -2.11. The molecule has 1 atom stereocenters. The van der Waals surface area contributed by atoms with Gasteiger partial charge in [-0.15, -0.1) is 0 Å². The summed E-state index contributed by atoms with van der Waals surface area (Å²) < 4.78 is 30.8. The fraction of sp³-hybridized carbons (Fsp3) is 0.571. The second kappa shape index (κ2) is 5.25. The molecule has 1 N–H and O–H groups in total. The Morgan fingerprint density at radius 3 is 2.95 bits per heavy atom. The van der Waals surface area contributed by atoms with E-state index in [1.807, 2.05) is 0 Å². The van der Waals surface area contributed by atoms with Crippen molar-refractivity contribution in [2.45, 2.75) is 18.8 Å². The summed E-state index contributed by atoms with van der Waals surface area (Å²) in [5.41, 5.74) is 0.810. The van der Waals surface area contributed by atoms with Crippen LogP contribution >= 0.6 is 0 Å². The molecule has 0 radical (unpaired) electrons. The first-order valence-electron chi connectivity index (χ1n) is 6.68. The molecule has 5 heteroatoms. The van der Waals surface area contributed by atoms with Crippen LogP contribution < -0.4 is 19.5 Å². The van der Waals surface area contributed by atoms with Crippen molar-refractivity contribution in [1.82, 2.24) is 5.32 Å². The van der Waals surface area contributed by atoms with Crippen LogP contribution in [0.2, 0.25) is 0 Å². The minimum absolute atomic E-state index is 0.209. The molecule has 0 bridgehead atoms. The van der Waals surface area contributed by atoms with Gasteiger partial charge in [-0.3, -0.25) is 0 Å². The summed E-state index contributed by atoms with van der Waals surface area (Å²) in [6, 6.07) is 1.37. The summed E-state index contributed by atoms with van der Waals surface area (Å²) in [6.07, 6.45) is 1.76. The zero-order chi connectivity index (χ0) is 13.2. The Morgan fingerprint density at radius 1 is 1.37 bits per heavy atom. The molecule has 2 aliphatic rings. The van der Waals surface area contributed by atoms with E-state index in [-0.39, 0.29) is 17.5 Å². The van der Waals surface area contributed by atoms with E-state index in [4.69, 9.17) is 14.2 Å². The van der Waals surface area contributed by atoms with E-state index in [9.17, 15) is 4.39 Å². The molecule has 1 fully saturated rings. The van der Waals surface area contributed by atoms with Gasteiger partial charge in [-0.1, -0.05) is 0 Å².